The summed E-state index contributed by atoms with van der Waals surface area (Å²) >= 11 is 1.80. The van der Waals surface area contributed by atoms with Crippen LogP contribution in [-0.4, -0.2) is 106 Å². The van der Waals surface area contributed by atoms with E-state index in [-0.39, 0.29) is 49.3 Å². The summed E-state index contributed by atoms with van der Waals surface area (Å²) in [6.07, 6.45) is 4.21. The van der Waals surface area contributed by atoms with E-state index in [0.717, 1.165) is 30.1 Å². The number of urea groups is 1. The molecular weight excluding hydrogens is 616 g/mol. The van der Waals surface area contributed by atoms with Gasteiger partial charge in [0, 0.05) is 42.0 Å². The van der Waals surface area contributed by atoms with E-state index < -0.39 is 41.9 Å². The van der Waals surface area contributed by atoms with Crippen LogP contribution in [-0.2, 0) is 19.2 Å². The van der Waals surface area contributed by atoms with E-state index in [2.05, 4.69) is 32.8 Å². The zero-order chi connectivity index (χ0) is 32.8. The maximum Gasteiger partial charge on any atom is 0.326 e. The van der Waals surface area contributed by atoms with Crippen LogP contribution in [0.15, 0.2) is 43.1 Å². The Morgan fingerprint density at radius 3 is 2.83 bits per heavy atom. The largest absolute Gasteiger partial charge is 0.497 e. The fourth-order valence-corrected chi connectivity index (χ4v) is 7.63. The molecule has 3 aliphatic rings. The number of ether oxygens (including phenoxy) is 2. The molecule has 0 bridgehead atoms. The van der Waals surface area contributed by atoms with Gasteiger partial charge in [-0.15, -0.1) is 0 Å². The van der Waals surface area contributed by atoms with Crippen molar-refractivity contribution in [1.82, 2.24) is 31.2 Å². The minimum atomic E-state index is -1.21. The van der Waals surface area contributed by atoms with Crippen LogP contribution in [0, 0.1) is 0 Å². The Morgan fingerprint density at radius 1 is 1.24 bits per heavy atom. The Labute approximate surface area is 270 Å². The Morgan fingerprint density at radius 2 is 2.07 bits per heavy atom. The molecule has 5 rings (SSSR count). The van der Waals surface area contributed by atoms with Gasteiger partial charge in [0.2, 0.25) is 23.6 Å². The first-order chi connectivity index (χ1) is 22.2. The first kappa shape index (κ1) is 32.9. The van der Waals surface area contributed by atoms with Gasteiger partial charge in [-0.25, -0.2) is 14.6 Å². The Bertz CT molecular complexity index is 1510. The number of rotatable bonds is 14. The molecule has 3 saturated heterocycles. The third-order valence-corrected chi connectivity index (χ3v) is 9.93. The number of likely N-dealkylation sites (tertiary alicyclic amines) is 1. The topological polar surface area (TPSA) is 188 Å². The zero-order valence-electron chi connectivity index (χ0n) is 25.4. The lowest BCUT2D eigenvalue weighted by Gasteiger charge is -2.27. The van der Waals surface area contributed by atoms with E-state index in [9.17, 15) is 29.1 Å². The molecule has 5 N–H and O–H groups in total. The van der Waals surface area contributed by atoms with E-state index in [1.807, 2.05) is 6.07 Å². The van der Waals surface area contributed by atoms with Crippen molar-refractivity contribution >= 4 is 52.3 Å². The van der Waals surface area contributed by atoms with Crippen LogP contribution < -0.4 is 30.7 Å². The average molecular weight is 655 g/mol. The average Bonchev–Trinajstić information content (AvgIpc) is 3.75. The number of aromatic nitrogens is 1. The Balaban J connectivity index is 1.20. The van der Waals surface area contributed by atoms with Crippen LogP contribution in [0.1, 0.15) is 32.1 Å². The number of benzene rings is 1. The number of aliphatic carboxylic acids is 1. The molecule has 4 heterocycles. The summed E-state index contributed by atoms with van der Waals surface area (Å²) in [6.45, 7) is 3.11. The highest BCUT2D eigenvalue weighted by Gasteiger charge is 2.44. The molecule has 3 aliphatic heterocycles. The molecule has 1 aromatic heterocycles. The normalized spacial score (nSPS) is 24.0. The number of hydrogen-bond donors (Lipinski definition) is 5. The molecule has 3 fully saturated rings. The van der Waals surface area contributed by atoms with Gasteiger partial charge in [-0.2, -0.15) is 11.8 Å². The Hall–Kier alpha value is -4.53. The standard InChI is InChI=1S/C31H38N6O8S/c1-3-25(38)33-14-21(34-26(39)7-5-4-6-24-27-22(16-46-24)35-31(43)36-27)29(40)37-15-19(13-23(37)30(41)42)45-28-20-9-8-18(44-2)12-17(20)10-11-32-28/h3,8-12,19,21-24,27H,1,4-7,13-16H2,2H3,(H,33,38)(H,34,39)(H,41,42)(H2,35,36,43). The number of nitrogens with zero attached hydrogens (tertiary/aromatic N) is 2. The molecule has 246 valence electrons. The van der Waals surface area contributed by atoms with Crippen molar-refractivity contribution in [3.63, 3.8) is 0 Å². The molecule has 15 heteroatoms. The highest BCUT2D eigenvalue weighted by molar-refractivity contribution is 8.00. The molecule has 0 spiro atoms. The van der Waals surface area contributed by atoms with Crippen molar-refractivity contribution in [3.05, 3.63) is 43.1 Å². The molecule has 46 heavy (non-hydrogen) atoms. The number of thioether (sulfide) groups is 1. The lowest BCUT2D eigenvalue weighted by atomic mass is 10.0. The molecule has 0 saturated carbocycles. The van der Waals surface area contributed by atoms with Gasteiger partial charge in [-0.3, -0.25) is 14.4 Å². The highest BCUT2D eigenvalue weighted by atomic mass is 32.2. The van der Waals surface area contributed by atoms with Crippen molar-refractivity contribution in [3.8, 4) is 11.6 Å². The first-order valence-electron chi connectivity index (χ1n) is 15.2. The van der Waals surface area contributed by atoms with Gasteiger partial charge in [0.1, 0.15) is 23.9 Å². The van der Waals surface area contributed by atoms with Crippen LogP contribution in [0.2, 0.25) is 0 Å². The van der Waals surface area contributed by atoms with Crippen molar-refractivity contribution in [1.29, 1.82) is 0 Å². The summed E-state index contributed by atoms with van der Waals surface area (Å²) < 4.78 is 11.4. The molecule has 2 aromatic rings. The SMILES string of the molecule is C=CC(=O)NCC(NC(=O)CCCCC1SCC2NC(=O)NC21)C(=O)N1CC(Oc2nccc3cc(OC)ccc23)CC1C(=O)O. The molecular formula is C31H38N6O8S. The number of carbonyl (C=O) groups is 5. The number of methoxy groups -OCH3 is 1. The van der Waals surface area contributed by atoms with E-state index in [1.54, 1.807) is 43.3 Å². The van der Waals surface area contributed by atoms with Crippen LogP contribution in [0.5, 0.6) is 11.6 Å². The summed E-state index contributed by atoms with van der Waals surface area (Å²) in [5, 5.41) is 22.9. The predicted molar refractivity (Wildman–Crippen MR) is 170 cm³/mol. The predicted octanol–water partition coefficient (Wildman–Crippen LogP) is 1.19. The van der Waals surface area contributed by atoms with Gasteiger partial charge < -0.3 is 40.7 Å². The highest BCUT2D eigenvalue weighted by Crippen LogP contribution is 2.33. The number of pyridine rings is 1. The van der Waals surface area contributed by atoms with Gasteiger partial charge in [-0.1, -0.05) is 13.0 Å². The minimum Gasteiger partial charge on any atom is -0.497 e. The lowest BCUT2D eigenvalue weighted by Crippen LogP contribution is -2.55. The third kappa shape index (κ3) is 7.63. The number of fused-ring (bicyclic) bond motifs is 2. The lowest BCUT2D eigenvalue weighted by molar-refractivity contribution is -0.149. The molecule has 1 aromatic carbocycles. The maximum atomic E-state index is 13.8. The molecule has 0 aliphatic carbocycles. The number of carboxylic acids is 1. The second kappa shape index (κ2) is 14.7. The second-order valence-electron chi connectivity index (χ2n) is 11.5. The van der Waals surface area contributed by atoms with E-state index in [1.165, 1.54) is 4.90 Å². The van der Waals surface area contributed by atoms with Crippen molar-refractivity contribution < 1.29 is 38.6 Å². The summed E-state index contributed by atoms with van der Waals surface area (Å²) in [5.74, 6) is -0.988. The Kier molecular flexibility index (Phi) is 10.5. The van der Waals surface area contributed by atoms with Crippen molar-refractivity contribution in [2.45, 2.75) is 67.6 Å². The number of amides is 5. The van der Waals surface area contributed by atoms with E-state index in [0.29, 0.717) is 23.4 Å². The molecule has 14 nitrogen and oxygen atoms in total. The van der Waals surface area contributed by atoms with Gasteiger partial charge in [0.05, 0.1) is 25.7 Å². The number of carbonyl (C=O) groups excluding carboxylic acids is 4. The van der Waals surface area contributed by atoms with E-state index in [4.69, 9.17) is 9.47 Å². The summed E-state index contributed by atoms with van der Waals surface area (Å²) in [5.41, 5.74) is 0. The first-order valence-corrected chi connectivity index (χ1v) is 16.2. The van der Waals surface area contributed by atoms with Crippen molar-refractivity contribution in [2.24, 2.45) is 0 Å². The minimum absolute atomic E-state index is 0.00594. The second-order valence-corrected chi connectivity index (χ2v) is 12.7. The fraction of sp³-hybridized carbons (Fsp3) is 0.484. The molecule has 0 radical (unpaired) electrons. The molecule has 5 amide bonds. The maximum absolute atomic E-state index is 13.8. The van der Waals surface area contributed by atoms with Gasteiger partial charge in [0.25, 0.3) is 0 Å². The summed E-state index contributed by atoms with van der Waals surface area (Å²) in [7, 11) is 1.57. The van der Waals surface area contributed by atoms with Crippen LogP contribution in [0.25, 0.3) is 10.8 Å². The van der Waals surface area contributed by atoms with Gasteiger partial charge >= 0.3 is 12.0 Å². The molecule has 6 unspecified atom stereocenters. The number of nitrogens with one attached hydrogen (secondary N) is 4. The quantitative estimate of drug-likeness (QED) is 0.112. The monoisotopic (exact) mass is 654 g/mol. The molecule has 6 atom stereocenters. The number of hydrogen-bond acceptors (Lipinski definition) is 9. The van der Waals surface area contributed by atoms with Gasteiger partial charge in [0.15, 0.2) is 0 Å². The smallest absolute Gasteiger partial charge is 0.326 e. The van der Waals surface area contributed by atoms with Crippen LogP contribution in [0.4, 0.5) is 4.79 Å². The fourth-order valence-electron chi connectivity index (χ4n) is 6.08. The zero-order valence-corrected chi connectivity index (χ0v) is 26.2. The van der Waals surface area contributed by atoms with Gasteiger partial charge in [-0.05, 0) is 48.6 Å². The third-order valence-electron chi connectivity index (χ3n) is 8.42. The number of unbranched alkanes of at least 4 members (excludes halogenated alkanes) is 1. The number of carboxylic acid groups (broad SMARTS) is 1. The van der Waals surface area contributed by atoms with Crippen LogP contribution >= 0.6 is 11.8 Å². The summed E-state index contributed by atoms with van der Waals surface area (Å²) in [6, 6.07) is 4.84. The van der Waals surface area contributed by atoms with Crippen molar-refractivity contribution in [2.75, 3.05) is 26.0 Å². The van der Waals surface area contributed by atoms with E-state index >= 15 is 0 Å². The van der Waals surface area contributed by atoms with Crippen LogP contribution in [0.3, 0.4) is 0 Å². The summed E-state index contributed by atoms with van der Waals surface area (Å²) in [4.78, 5) is 68.0.